The molecule has 0 unspecified atom stereocenters. The van der Waals surface area contributed by atoms with Crippen molar-refractivity contribution >= 4 is 21.9 Å². The molecule has 0 radical (unpaired) electrons. The van der Waals surface area contributed by atoms with Crippen molar-refractivity contribution in [1.29, 1.82) is 0 Å². The molecule has 0 atom stereocenters. The lowest BCUT2D eigenvalue weighted by Gasteiger charge is -2.18. The molecule has 170 valence electrons. The Balaban J connectivity index is 1.64. The number of furan rings is 1. The Morgan fingerprint density at radius 3 is 2.11 bits per heavy atom. The zero-order chi connectivity index (χ0) is 24.1. The van der Waals surface area contributed by atoms with Gasteiger partial charge in [-0.1, -0.05) is 54.6 Å². The largest absolute Gasteiger partial charge is 0.456 e. The Hall–Kier alpha value is -4.24. The van der Waals surface area contributed by atoms with E-state index in [4.69, 9.17) is 14.4 Å². The van der Waals surface area contributed by atoms with Gasteiger partial charge in [0.05, 0.1) is 17.1 Å². The molecule has 3 aromatic carbocycles. The van der Waals surface area contributed by atoms with Crippen molar-refractivity contribution < 1.29 is 4.42 Å². The van der Waals surface area contributed by atoms with Crippen LogP contribution in [0.25, 0.3) is 55.7 Å². The normalized spacial score (nSPS) is 11.4. The van der Waals surface area contributed by atoms with Crippen molar-refractivity contribution in [2.24, 2.45) is 0 Å². The first-order valence-corrected chi connectivity index (χ1v) is 11.9. The second-order valence-corrected chi connectivity index (χ2v) is 9.26. The van der Waals surface area contributed by atoms with E-state index in [0.717, 1.165) is 61.3 Å². The lowest BCUT2D eigenvalue weighted by atomic mass is 9.90. The van der Waals surface area contributed by atoms with Gasteiger partial charge in [-0.05, 0) is 85.3 Å². The van der Waals surface area contributed by atoms with E-state index in [2.05, 4.69) is 88.4 Å². The number of para-hydroxylation sites is 1. The minimum Gasteiger partial charge on any atom is -0.456 e. The molecule has 3 nitrogen and oxygen atoms in total. The first-order valence-electron chi connectivity index (χ1n) is 11.9. The van der Waals surface area contributed by atoms with Gasteiger partial charge < -0.3 is 4.42 Å². The van der Waals surface area contributed by atoms with Crippen LogP contribution in [-0.2, 0) is 0 Å². The summed E-state index contributed by atoms with van der Waals surface area (Å²) in [6.45, 7) is 8.53. The van der Waals surface area contributed by atoms with Crippen molar-refractivity contribution in [1.82, 2.24) is 9.97 Å². The van der Waals surface area contributed by atoms with E-state index in [1.54, 1.807) is 0 Å². The molecular formula is C32H26N2O. The van der Waals surface area contributed by atoms with Crippen LogP contribution in [0.1, 0.15) is 22.3 Å². The zero-order valence-electron chi connectivity index (χ0n) is 20.4. The predicted molar refractivity (Wildman–Crippen MR) is 145 cm³/mol. The third kappa shape index (κ3) is 3.52. The maximum Gasteiger partial charge on any atom is 0.136 e. The molecule has 3 heterocycles. The van der Waals surface area contributed by atoms with Gasteiger partial charge in [0.15, 0.2) is 0 Å². The standard InChI is InChI=1S/C32H26N2O/c1-19-16-27(33-18-20(19)2)32-22(4)30(21(3)31(34-32)23-10-6-5-7-11-23)24-14-15-26-25-12-8-9-13-28(25)35-29(26)17-24/h5-18H,1-4H3. The molecule has 0 aliphatic rings. The molecule has 0 amide bonds. The summed E-state index contributed by atoms with van der Waals surface area (Å²) in [4.78, 5) is 9.95. The van der Waals surface area contributed by atoms with Gasteiger partial charge in [-0.3, -0.25) is 4.98 Å². The van der Waals surface area contributed by atoms with Gasteiger partial charge in [0, 0.05) is 22.5 Å². The van der Waals surface area contributed by atoms with E-state index in [-0.39, 0.29) is 0 Å². The molecule has 0 aliphatic carbocycles. The number of nitrogens with zero attached hydrogens (tertiary/aromatic N) is 2. The summed E-state index contributed by atoms with van der Waals surface area (Å²) < 4.78 is 6.23. The van der Waals surface area contributed by atoms with E-state index in [1.807, 2.05) is 24.4 Å². The van der Waals surface area contributed by atoms with E-state index in [0.29, 0.717) is 0 Å². The molecule has 6 aromatic rings. The Labute approximate surface area is 205 Å². The highest BCUT2D eigenvalue weighted by Crippen LogP contribution is 2.40. The smallest absolute Gasteiger partial charge is 0.136 e. The zero-order valence-corrected chi connectivity index (χ0v) is 20.4. The highest BCUT2D eigenvalue weighted by molar-refractivity contribution is 6.06. The SMILES string of the molecule is Cc1cnc(-c2nc(-c3ccccc3)c(C)c(-c3ccc4c(c3)oc3ccccc34)c2C)cc1C. The summed E-state index contributed by atoms with van der Waals surface area (Å²) in [7, 11) is 0. The van der Waals surface area contributed by atoms with Crippen molar-refractivity contribution in [3.05, 3.63) is 107 Å². The molecule has 0 spiro atoms. The van der Waals surface area contributed by atoms with Crippen molar-refractivity contribution in [2.45, 2.75) is 27.7 Å². The van der Waals surface area contributed by atoms with Gasteiger partial charge in [0.2, 0.25) is 0 Å². The number of pyridine rings is 2. The minimum atomic E-state index is 0.895. The minimum absolute atomic E-state index is 0.895. The van der Waals surface area contributed by atoms with E-state index in [1.165, 1.54) is 16.7 Å². The molecular weight excluding hydrogens is 428 g/mol. The fourth-order valence-corrected chi connectivity index (χ4v) is 4.99. The topological polar surface area (TPSA) is 38.9 Å². The Bertz CT molecular complexity index is 1730. The Morgan fingerprint density at radius 2 is 1.31 bits per heavy atom. The van der Waals surface area contributed by atoms with Crippen LogP contribution in [0, 0.1) is 27.7 Å². The molecule has 0 aliphatic heterocycles. The number of fused-ring (bicyclic) bond motifs is 3. The number of benzene rings is 3. The van der Waals surface area contributed by atoms with Gasteiger partial charge in [0.25, 0.3) is 0 Å². The van der Waals surface area contributed by atoms with Gasteiger partial charge in [-0.2, -0.15) is 0 Å². The molecule has 0 fully saturated rings. The fourth-order valence-electron chi connectivity index (χ4n) is 4.99. The fraction of sp³-hybridized carbons (Fsp3) is 0.125. The number of aryl methyl sites for hydroxylation is 2. The Morgan fingerprint density at radius 1 is 0.600 bits per heavy atom. The lowest BCUT2D eigenvalue weighted by molar-refractivity contribution is 0.669. The van der Waals surface area contributed by atoms with Crippen LogP contribution in [0.5, 0.6) is 0 Å². The lowest BCUT2D eigenvalue weighted by Crippen LogP contribution is -2.02. The van der Waals surface area contributed by atoms with E-state index >= 15 is 0 Å². The molecule has 0 saturated heterocycles. The average molecular weight is 455 g/mol. The summed E-state index contributed by atoms with van der Waals surface area (Å²) in [5, 5.41) is 2.27. The number of hydrogen-bond donors (Lipinski definition) is 0. The first kappa shape index (κ1) is 21.3. The second-order valence-electron chi connectivity index (χ2n) is 9.26. The maximum absolute atomic E-state index is 6.23. The molecule has 0 bridgehead atoms. The van der Waals surface area contributed by atoms with Crippen LogP contribution in [0.2, 0.25) is 0 Å². The summed E-state index contributed by atoms with van der Waals surface area (Å²) in [5.74, 6) is 0. The maximum atomic E-state index is 6.23. The third-order valence-electron chi connectivity index (χ3n) is 7.01. The average Bonchev–Trinajstić information content (AvgIpc) is 3.24. The molecule has 6 rings (SSSR count). The predicted octanol–water partition coefficient (Wildman–Crippen LogP) is 8.61. The third-order valence-corrected chi connectivity index (χ3v) is 7.01. The molecule has 3 aromatic heterocycles. The monoisotopic (exact) mass is 454 g/mol. The summed E-state index contributed by atoms with van der Waals surface area (Å²) >= 11 is 0. The van der Waals surface area contributed by atoms with Gasteiger partial charge in [0.1, 0.15) is 11.2 Å². The molecule has 3 heteroatoms. The second kappa shape index (κ2) is 8.21. The van der Waals surface area contributed by atoms with Crippen LogP contribution in [0.3, 0.4) is 0 Å². The Kier molecular flexibility index (Phi) is 5.00. The van der Waals surface area contributed by atoms with Crippen LogP contribution < -0.4 is 0 Å². The highest BCUT2D eigenvalue weighted by atomic mass is 16.3. The van der Waals surface area contributed by atoms with Crippen molar-refractivity contribution in [3.8, 4) is 33.8 Å². The summed E-state index contributed by atoms with van der Waals surface area (Å²) in [6, 6.07) is 27.3. The summed E-state index contributed by atoms with van der Waals surface area (Å²) in [6.07, 6.45) is 1.94. The van der Waals surface area contributed by atoms with Crippen molar-refractivity contribution in [2.75, 3.05) is 0 Å². The van der Waals surface area contributed by atoms with Crippen LogP contribution in [0.15, 0.2) is 89.5 Å². The molecule has 0 saturated carbocycles. The van der Waals surface area contributed by atoms with E-state index < -0.39 is 0 Å². The number of hydrogen-bond acceptors (Lipinski definition) is 3. The first-order chi connectivity index (χ1) is 17.0. The van der Waals surface area contributed by atoms with Crippen LogP contribution in [-0.4, -0.2) is 9.97 Å². The highest BCUT2D eigenvalue weighted by Gasteiger charge is 2.20. The molecule has 35 heavy (non-hydrogen) atoms. The van der Waals surface area contributed by atoms with Crippen LogP contribution in [0.4, 0.5) is 0 Å². The van der Waals surface area contributed by atoms with E-state index in [9.17, 15) is 0 Å². The van der Waals surface area contributed by atoms with Gasteiger partial charge >= 0.3 is 0 Å². The number of rotatable bonds is 3. The number of aromatic nitrogens is 2. The molecule has 0 N–H and O–H groups in total. The van der Waals surface area contributed by atoms with Gasteiger partial charge in [-0.25, -0.2) is 4.98 Å². The van der Waals surface area contributed by atoms with Gasteiger partial charge in [-0.15, -0.1) is 0 Å². The van der Waals surface area contributed by atoms with Crippen LogP contribution >= 0.6 is 0 Å². The van der Waals surface area contributed by atoms with Crippen molar-refractivity contribution in [3.63, 3.8) is 0 Å². The quantitative estimate of drug-likeness (QED) is 0.269. The summed E-state index contributed by atoms with van der Waals surface area (Å²) in [5.41, 5.74) is 12.6.